The van der Waals surface area contributed by atoms with Gasteiger partial charge in [0, 0.05) is 6.04 Å². The van der Waals surface area contributed by atoms with Crippen LogP contribution >= 0.6 is 0 Å². The van der Waals surface area contributed by atoms with Gasteiger partial charge in [-0.25, -0.2) is 0 Å². The highest BCUT2D eigenvalue weighted by Gasteiger charge is 2.40. The molecular formula is C11H17N. The van der Waals surface area contributed by atoms with Crippen LogP contribution in [0.3, 0.4) is 0 Å². The van der Waals surface area contributed by atoms with E-state index in [2.05, 4.69) is 17.5 Å². The maximum Gasteiger partial charge on any atom is 0.0102 e. The van der Waals surface area contributed by atoms with Gasteiger partial charge in [-0.1, -0.05) is 12.2 Å². The lowest BCUT2D eigenvalue weighted by atomic mass is 9.86. The average molecular weight is 163 g/mol. The van der Waals surface area contributed by atoms with Crippen LogP contribution in [0.15, 0.2) is 12.2 Å². The fourth-order valence-electron chi connectivity index (χ4n) is 3.36. The number of allylic oxidation sites excluding steroid dienone is 2. The van der Waals surface area contributed by atoms with E-state index in [1.54, 1.807) is 0 Å². The molecule has 12 heavy (non-hydrogen) atoms. The van der Waals surface area contributed by atoms with E-state index in [0.29, 0.717) is 0 Å². The van der Waals surface area contributed by atoms with Gasteiger partial charge in [-0.3, -0.25) is 0 Å². The number of hydrogen-bond acceptors (Lipinski definition) is 1. The molecule has 0 aromatic carbocycles. The molecule has 1 heterocycles. The number of rotatable bonds is 1. The number of nitrogens with one attached hydrogen (secondary N) is 1. The first-order chi connectivity index (χ1) is 5.93. The monoisotopic (exact) mass is 163 g/mol. The molecule has 2 fully saturated rings. The highest BCUT2D eigenvalue weighted by atomic mass is 14.9. The van der Waals surface area contributed by atoms with Crippen LogP contribution in [0.2, 0.25) is 0 Å². The predicted molar refractivity (Wildman–Crippen MR) is 49.9 cm³/mol. The van der Waals surface area contributed by atoms with Crippen LogP contribution < -0.4 is 5.32 Å². The van der Waals surface area contributed by atoms with Crippen molar-refractivity contribution in [3.8, 4) is 0 Å². The van der Waals surface area contributed by atoms with E-state index in [1.165, 1.54) is 32.2 Å². The van der Waals surface area contributed by atoms with Crippen molar-refractivity contribution < 1.29 is 0 Å². The summed E-state index contributed by atoms with van der Waals surface area (Å²) in [4.78, 5) is 0. The van der Waals surface area contributed by atoms with Gasteiger partial charge in [0.1, 0.15) is 0 Å². The minimum atomic E-state index is 0.866. The van der Waals surface area contributed by atoms with Gasteiger partial charge >= 0.3 is 0 Å². The molecule has 1 saturated carbocycles. The van der Waals surface area contributed by atoms with Crippen molar-refractivity contribution in [3.05, 3.63) is 12.2 Å². The molecule has 1 nitrogen and oxygen atoms in total. The van der Waals surface area contributed by atoms with Crippen molar-refractivity contribution in [3.63, 3.8) is 0 Å². The molecule has 0 radical (unpaired) electrons. The van der Waals surface area contributed by atoms with Gasteiger partial charge in [0.15, 0.2) is 0 Å². The van der Waals surface area contributed by atoms with E-state index in [9.17, 15) is 0 Å². The Hall–Kier alpha value is -0.300. The van der Waals surface area contributed by atoms with Crippen LogP contribution in [-0.2, 0) is 0 Å². The van der Waals surface area contributed by atoms with Crippen molar-refractivity contribution in [2.45, 2.75) is 31.7 Å². The van der Waals surface area contributed by atoms with Gasteiger partial charge in [-0.15, -0.1) is 0 Å². The zero-order valence-electron chi connectivity index (χ0n) is 7.50. The third kappa shape index (κ3) is 0.957. The van der Waals surface area contributed by atoms with Gasteiger partial charge in [0.2, 0.25) is 0 Å². The Morgan fingerprint density at radius 1 is 1.17 bits per heavy atom. The lowest BCUT2D eigenvalue weighted by molar-refractivity contribution is 0.338. The van der Waals surface area contributed by atoms with Crippen LogP contribution in [0, 0.1) is 17.8 Å². The highest BCUT2D eigenvalue weighted by Crippen LogP contribution is 2.46. The highest BCUT2D eigenvalue weighted by molar-refractivity contribution is 5.12. The molecule has 3 aliphatic rings. The summed E-state index contributed by atoms with van der Waals surface area (Å²) in [6, 6.07) is 0.866. The summed E-state index contributed by atoms with van der Waals surface area (Å²) < 4.78 is 0. The largest absolute Gasteiger partial charge is 0.314 e. The molecule has 1 saturated heterocycles. The second kappa shape index (κ2) is 2.59. The summed E-state index contributed by atoms with van der Waals surface area (Å²) in [5.74, 6) is 2.87. The van der Waals surface area contributed by atoms with Crippen molar-refractivity contribution in [2.75, 3.05) is 6.54 Å². The normalized spacial score (nSPS) is 50.7. The summed E-state index contributed by atoms with van der Waals surface area (Å²) in [6.07, 6.45) is 10.7. The van der Waals surface area contributed by atoms with Gasteiger partial charge in [0.25, 0.3) is 0 Å². The fraction of sp³-hybridized carbons (Fsp3) is 0.818. The van der Waals surface area contributed by atoms with Crippen molar-refractivity contribution in [1.29, 1.82) is 0 Å². The number of hydrogen-bond donors (Lipinski definition) is 1. The van der Waals surface area contributed by atoms with E-state index < -0.39 is 0 Å². The number of fused-ring (bicyclic) bond motifs is 2. The molecule has 3 rings (SSSR count). The van der Waals surface area contributed by atoms with Crippen molar-refractivity contribution >= 4 is 0 Å². The first kappa shape index (κ1) is 7.14. The third-order valence-corrected chi connectivity index (χ3v) is 3.95. The molecule has 0 aromatic rings. The van der Waals surface area contributed by atoms with E-state index in [4.69, 9.17) is 0 Å². The Balaban J connectivity index is 1.74. The molecule has 0 aromatic heterocycles. The van der Waals surface area contributed by atoms with E-state index in [-0.39, 0.29) is 0 Å². The summed E-state index contributed by atoms with van der Waals surface area (Å²) in [5.41, 5.74) is 0. The Morgan fingerprint density at radius 2 is 2.17 bits per heavy atom. The van der Waals surface area contributed by atoms with Crippen LogP contribution in [0.25, 0.3) is 0 Å². The summed E-state index contributed by atoms with van der Waals surface area (Å²) >= 11 is 0. The SMILES string of the molecule is C1=CC2CC1CC2C1CCCN1. The van der Waals surface area contributed by atoms with Crippen molar-refractivity contribution in [2.24, 2.45) is 17.8 Å². The van der Waals surface area contributed by atoms with E-state index in [0.717, 1.165) is 23.8 Å². The molecule has 2 aliphatic carbocycles. The van der Waals surface area contributed by atoms with Crippen molar-refractivity contribution in [1.82, 2.24) is 5.32 Å². The fourth-order valence-corrected chi connectivity index (χ4v) is 3.36. The summed E-state index contributed by atoms with van der Waals surface area (Å²) in [6.45, 7) is 1.27. The minimum absolute atomic E-state index is 0.866. The standard InChI is InChI=1S/C11H17N/c1-2-11(12-5-1)10-7-8-3-4-9(10)6-8/h3-4,8-12H,1-2,5-7H2. The predicted octanol–water partition coefficient (Wildman–Crippen LogP) is 1.95. The molecule has 1 N–H and O–H groups in total. The quantitative estimate of drug-likeness (QED) is 0.583. The molecule has 2 bridgehead atoms. The summed E-state index contributed by atoms with van der Waals surface area (Å²) in [5, 5.41) is 3.65. The molecule has 4 unspecified atom stereocenters. The average Bonchev–Trinajstić information content (AvgIpc) is 2.81. The van der Waals surface area contributed by atoms with Crippen LogP contribution in [0.4, 0.5) is 0 Å². The smallest absolute Gasteiger partial charge is 0.0102 e. The Labute approximate surface area is 74.2 Å². The molecular weight excluding hydrogens is 146 g/mol. The van der Waals surface area contributed by atoms with Crippen LogP contribution in [0.1, 0.15) is 25.7 Å². The maximum atomic E-state index is 3.65. The molecule has 4 atom stereocenters. The minimum Gasteiger partial charge on any atom is -0.314 e. The van der Waals surface area contributed by atoms with Gasteiger partial charge in [-0.2, -0.15) is 0 Å². The Bertz CT molecular complexity index is 203. The Kier molecular flexibility index (Phi) is 1.54. The van der Waals surface area contributed by atoms with Gasteiger partial charge in [-0.05, 0) is 50.0 Å². The zero-order valence-corrected chi connectivity index (χ0v) is 7.50. The van der Waals surface area contributed by atoms with Crippen LogP contribution in [-0.4, -0.2) is 12.6 Å². The van der Waals surface area contributed by atoms with Crippen LogP contribution in [0.5, 0.6) is 0 Å². The second-order valence-corrected chi connectivity index (χ2v) is 4.65. The van der Waals surface area contributed by atoms with E-state index >= 15 is 0 Å². The van der Waals surface area contributed by atoms with E-state index in [1.807, 2.05) is 0 Å². The molecule has 0 amide bonds. The molecule has 0 spiro atoms. The Morgan fingerprint density at radius 3 is 2.75 bits per heavy atom. The first-order valence-electron chi connectivity index (χ1n) is 5.35. The second-order valence-electron chi connectivity index (χ2n) is 4.65. The molecule has 1 aliphatic heterocycles. The lowest BCUT2D eigenvalue weighted by Crippen LogP contribution is -2.32. The van der Waals surface area contributed by atoms with Gasteiger partial charge in [0.05, 0.1) is 0 Å². The maximum absolute atomic E-state index is 3.65. The zero-order chi connectivity index (χ0) is 7.97. The molecule has 66 valence electrons. The van der Waals surface area contributed by atoms with Gasteiger partial charge < -0.3 is 5.32 Å². The molecule has 1 heteroatoms. The lowest BCUT2D eigenvalue weighted by Gasteiger charge is -2.24. The topological polar surface area (TPSA) is 12.0 Å². The first-order valence-corrected chi connectivity index (χ1v) is 5.35. The third-order valence-electron chi connectivity index (χ3n) is 3.95. The summed E-state index contributed by atoms with van der Waals surface area (Å²) in [7, 11) is 0.